The number of carboxylic acids is 1. The number of aromatic nitrogens is 1. The summed E-state index contributed by atoms with van der Waals surface area (Å²) in [5.41, 5.74) is 0.380. The molecule has 0 saturated carbocycles. The van der Waals surface area contributed by atoms with Crippen LogP contribution in [0.3, 0.4) is 0 Å². The maximum atomic E-state index is 13.5. The monoisotopic (exact) mass is 488 g/mol. The van der Waals surface area contributed by atoms with Gasteiger partial charge in [-0.2, -0.15) is 0 Å². The number of ether oxygens (including phenoxy) is 2. The van der Waals surface area contributed by atoms with E-state index in [4.69, 9.17) is 9.47 Å². The van der Waals surface area contributed by atoms with Crippen molar-refractivity contribution < 1.29 is 28.6 Å². The molecule has 0 fully saturated rings. The van der Waals surface area contributed by atoms with Gasteiger partial charge in [0, 0.05) is 35.8 Å². The van der Waals surface area contributed by atoms with Gasteiger partial charge in [0.1, 0.15) is 30.0 Å². The zero-order valence-corrected chi connectivity index (χ0v) is 19.8. The second-order valence-corrected chi connectivity index (χ2v) is 9.07. The van der Waals surface area contributed by atoms with E-state index in [1.807, 2.05) is 18.0 Å². The number of nitrogens with one attached hydrogen (secondary N) is 1. The van der Waals surface area contributed by atoms with E-state index < -0.39 is 17.2 Å². The molecular weight excluding hydrogens is 463 g/mol. The third-order valence-electron chi connectivity index (χ3n) is 6.67. The summed E-state index contributed by atoms with van der Waals surface area (Å²) in [6, 6.07) is 17.8. The molecule has 0 radical (unpaired) electrons. The van der Waals surface area contributed by atoms with Crippen molar-refractivity contribution in [1.29, 1.82) is 0 Å². The topological polar surface area (TPSA) is 91.9 Å². The first kappa shape index (κ1) is 23.4. The van der Waals surface area contributed by atoms with E-state index in [9.17, 15) is 19.1 Å². The molecule has 2 heterocycles. The number of H-pyrrole nitrogens is 1. The zero-order chi connectivity index (χ0) is 25.4. The average Bonchev–Trinajstić information content (AvgIpc) is 3.36. The molecule has 8 heteroatoms. The van der Waals surface area contributed by atoms with Gasteiger partial charge in [-0.15, -0.1) is 0 Å². The SMILES string of the molecule is CN1C[C@@H](COc2ccc(C(=O)C(C)(C(=O)O)c3cccc4[nH]ccc34)cc2)Oc2ccc(F)cc21. The smallest absolute Gasteiger partial charge is 0.321 e. The number of aliphatic carboxylic acids is 1. The summed E-state index contributed by atoms with van der Waals surface area (Å²) in [5, 5.41) is 10.8. The van der Waals surface area contributed by atoms with Crippen LogP contribution in [0.25, 0.3) is 10.9 Å². The first-order chi connectivity index (χ1) is 17.3. The van der Waals surface area contributed by atoms with Gasteiger partial charge in [-0.25, -0.2) is 4.39 Å². The van der Waals surface area contributed by atoms with Crippen molar-refractivity contribution in [3.63, 3.8) is 0 Å². The van der Waals surface area contributed by atoms with E-state index >= 15 is 0 Å². The number of fused-ring (bicyclic) bond motifs is 2. The lowest BCUT2D eigenvalue weighted by Gasteiger charge is -2.33. The number of anilines is 1. The second-order valence-electron chi connectivity index (χ2n) is 9.07. The van der Waals surface area contributed by atoms with Gasteiger partial charge in [-0.3, -0.25) is 9.59 Å². The number of benzene rings is 3. The molecule has 0 saturated heterocycles. The van der Waals surface area contributed by atoms with E-state index in [1.165, 1.54) is 19.1 Å². The van der Waals surface area contributed by atoms with E-state index in [-0.39, 0.29) is 24.1 Å². The Kier molecular flexibility index (Phi) is 5.88. The fraction of sp³-hybridized carbons (Fsp3) is 0.214. The highest BCUT2D eigenvalue weighted by molar-refractivity contribution is 6.18. The van der Waals surface area contributed by atoms with Gasteiger partial charge in [-0.1, -0.05) is 12.1 Å². The maximum Gasteiger partial charge on any atom is 0.321 e. The van der Waals surface area contributed by atoms with Crippen LogP contribution in [-0.2, 0) is 10.2 Å². The molecule has 2 atom stereocenters. The number of carboxylic acid groups (broad SMARTS) is 1. The number of aromatic amines is 1. The molecule has 0 aliphatic carbocycles. The minimum Gasteiger partial charge on any atom is -0.490 e. The van der Waals surface area contributed by atoms with Crippen molar-refractivity contribution in [3.05, 3.63) is 89.9 Å². The van der Waals surface area contributed by atoms with Crippen LogP contribution >= 0.6 is 0 Å². The number of carbonyl (C=O) groups excluding carboxylic acids is 1. The Labute approximate surface area is 207 Å². The number of Topliss-reactive ketones (excluding diaryl/α,β-unsaturated/α-hetero) is 1. The van der Waals surface area contributed by atoms with Crippen molar-refractivity contribution in [1.82, 2.24) is 4.98 Å². The van der Waals surface area contributed by atoms with Gasteiger partial charge in [0.2, 0.25) is 0 Å². The van der Waals surface area contributed by atoms with Crippen LogP contribution in [0.1, 0.15) is 22.8 Å². The van der Waals surface area contributed by atoms with Crippen LogP contribution in [-0.4, -0.2) is 48.1 Å². The number of likely N-dealkylation sites (N-methyl/N-ethyl adjacent to an activating group) is 1. The first-order valence-corrected chi connectivity index (χ1v) is 11.5. The fourth-order valence-electron chi connectivity index (χ4n) is 4.63. The molecule has 7 nitrogen and oxygen atoms in total. The minimum absolute atomic E-state index is 0.247. The molecule has 1 aliphatic heterocycles. The molecule has 1 unspecified atom stereocenters. The van der Waals surface area contributed by atoms with Crippen LogP contribution in [0, 0.1) is 5.82 Å². The maximum absolute atomic E-state index is 13.5. The Balaban J connectivity index is 1.31. The Morgan fingerprint density at radius 1 is 1.17 bits per heavy atom. The fourth-order valence-corrected chi connectivity index (χ4v) is 4.63. The molecule has 0 bridgehead atoms. The molecule has 0 amide bonds. The minimum atomic E-state index is -1.77. The lowest BCUT2D eigenvalue weighted by Crippen LogP contribution is -2.41. The predicted octanol–water partition coefficient (Wildman–Crippen LogP) is 4.81. The zero-order valence-electron chi connectivity index (χ0n) is 19.8. The summed E-state index contributed by atoms with van der Waals surface area (Å²) in [4.78, 5) is 30.8. The first-order valence-electron chi connectivity index (χ1n) is 11.5. The molecule has 184 valence electrons. The Bertz CT molecular complexity index is 1450. The molecule has 5 rings (SSSR count). The highest BCUT2D eigenvalue weighted by Gasteiger charge is 2.44. The summed E-state index contributed by atoms with van der Waals surface area (Å²) in [7, 11) is 1.86. The Morgan fingerprint density at radius 2 is 1.94 bits per heavy atom. The van der Waals surface area contributed by atoms with Gasteiger partial charge < -0.3 is 24.5 Å². The van der Waals surface area contributed by atoms with Crippen LogP contribution in [0.5, 0.6) is 11.5 Å². The normalized spacial score (nSPS) is 16.6. The number of nitrogens with zero attached hydrogens (tertiary/aromatic N) is 1. The van der Waals surface area contributed by atoms with Crippen LogP contribution in [0.4, 0.5) is 10.1 Å². The van der Waals surface area contributed by atoms with E-state index in [0.717, 1.165) is 5.52 Å². The number of hydrogen-bond acceptors (Lipinski definition) is 5. The molecule has 2 N–H and O–H groups in total. The molecule has 1 aliphatic rings. The number of ketones is 1. The lowest BCUT2D eigenvalue weighted by molar-refractivity contribution is -0.141. The lowest BCUT2D eigenvalue weighted by atomic mass is 9.75. The summed E-state index contributed by atoms with van der Waals surface area (Å²) in [6.45, 7) is 2.20. The van der Waals surface area contributed by atoms with Gasteiger partial charge in [0.25, 0.3) is 0 Å². The summed E-state index contributed by atoms with van der Waals surface area (Å²) in [6.07, 6.45) is 1.45. The third kappa shape index (κ3) is 4.04. The molecule has 3 aromatic carbocycles. The molecule has 4 aromatic rings. The van der Waals surface area contributed by atoms with Crippen molar-refractivity contribution in [3.8, 4) is 11.5 Å². The standard InChI is InChI=1S/C28H25FN2O5/c1-28(27(33)34,22-4-3-5-23-21(22)12-13-30-23)26(32)17-6-9-19(10-7-17)35-16-20-15-31(2)24-14-18(29)8-11-25(24)36-20/h3-14,20,30H,15-16H2,1-2H3,(H,33,34)/t20-,28?/m0/s1. The molecule has 0 spiro atoms. The van der Waals surface area contributed by atoms with Gasteiger partial charge in [0.15, 0.2) is 11.2 Å². The number of carbonyl (C=O) groups is 2. The highest BCUT2D eigenvalue weighted by atomic mass is 19.1. The Hall–Kier alpha value is -4.33. The van der Waals surface area contributed by atoms with E-state index in [1.54, 1.807) is 54.7 Å². The average molecular weight is 489 g/mol. The number of hydrogen-bond donors (Lipinski definition) is 2. The van der Waals surface area contributed by atoms with Gasteiger partial charge in [-0.05, 0) is 61.0 Å². The van der Waals surface area contributed by atoms with Crippen molar-refractivity contribution in [2.45, 2.75) is 18.4 Å². The predicted molar refractivity (Wildman–Crippen MR) is 134 cm³/mol. The van der Waals surface area contributed by atoms with Crippen molar-refractivity contribution >= 4 is 28.3 Å². The van der Waals surface area contributed by atoms with Crippen LogP contribution in [0.2, 0.25) is 0 Å². The van der Waals surface area contributed by atoms with E-state index in [0.29, 0.717) is 34.7 Å². The highest BCUT2D eigenvalue weighted by Crippen LogP contribution is 2.35. The van der Waals surface area contributed by atoms with Crippen molar-refractivity contribution in [2.24, 2.45) is 0 Å². The molecule has 1 aromatic heterocycles. The van der Waals surface area contributed by atoms with Gasteiger partial charge >= 0.3 is 5.97 Å². The summed E-state index contributed by atoms with van der Waals surface area (Å²) >= 11 is 0. The van der Waals surface area contributed by atoms with Crippen molar-refractivity contribution in [2.75, 3.05) is 25.1 Å². The van der Waals surface area contributed by atoms with E-state index in [2.05, 4.69) is 4.98 Å². The second kappa shape index (κ2) is 9.03. The third-order valence-corrected chi connectivity index (χ3v) is 6.67. The largest absolute Gasteiger partial charge is 0.490 e. The molecule has 36 heavy (non-hydrogen) atoms. The Morgan fingerprint density at radius 3 is 2.69 bits per heavy atom. The quantitative estimate of drug-likeness (QED) is 0.287. The number of rotatable bonds is 7. The van der Waals surface area contributed by atoms with Gasteiger partial charge in [0.05, 0.1) is 12.2 Å². The number of halogens is 1. The summed E-state index contributed by atoms with van der Waals surface area (Å²) in [5.74, 6) is -0.952. The summed E-state index contributed by atoms with van der Waals surface area (Å²) < 4.78 is 25.3. The molecular formula is C28H25FN2O5. The van der Waals surface area contributed by atoms with Crippen LogP contribution in [0.15, 0.2) is 72.9 Å². The van der Waals surface area contributed by atoms with Crippen LogP contribution < -0.4 is 14.4 Å².